The third-order valence-electron chi connectivity index (χ3n) is 15.8. The first-order chi connectivity index (χ1) is 31.0. The average Bonchev–Trinajstić information content (AvgIpc) is 3.69. The molecule has 0 amide bonds. The predicted molar refractivity (Wildman–Crippen MR) is 268 cm³/mol. The predicted octanol–water partition coefficient (Wildman–Crippen LogP) is 16.4. The van der Waals surface area contributed by atoms with E-state index in [1.54, 1.807) is 0 Å². The maximum Gasteiger partial charge on any atom is 0.0730 e. The zero-order valence-electron chi connectivity index (χ0n) is 37.3. The van der Waals surface area contributed by atoms with Gasteiger partial charge in [-0.25, -0.2) is 0 Å². The molecule has 64 heavy (non-hydrogen) atoms. The Kier molecular flexibility index (Phi) is 7.69. The normalized spacial score (nSPS) is 18.2. The third kappa shape index (κ3) is 4.77. The summed E-state index contributed by atoms with van der Waals surface area (Å²) < 4.78 is 0. The van der Waals surface area contributed by atoms with Crippen molar-refractivity contribution in [2.24, 2.45) is 0 Å². The van der Waals surface area contributed by atoms with Crippen LogP contribution in [-0.4, -0.2) is 0 Å². The molecule has 1 unspecified atom stereocenters. The topological polar surface area (TPSA) is 3.24 Å². The Morgan fingerprint density at radius 2 is 0.875 bits per heavy atom. The Morgan fingerprint density at radius 1 is 0.359 bits per heavy atom. The summed E-state index contributed by atoms with van der Waals surface area (Å²) in [6, 6.07) is 72.1. The van der Waals surface area contributed by atoms with Crippen LogP contribution in [0.5, 0.6) is 0 Å². The van der Waals surface area contributed by atoms with E-state index in [1.807, 2.05) is 11.8 Å². The molecule has 0 aromatic heterocycles. The highest BCUT2D eigenvalue weighted by Crippen LogP contribution is 2.64. The quantitative estimate of drug-likeness (QED) is 0.174. The zero-order chi connectivity index (χ0) is 43.3. The van der Waals surface area contributed by atoms with Crippen molar-refractivity contribution < 1.29 is 0 Å². The van der Waals surface area contributed by atoms with Crippen LogP contribution in [0.4, 0.5) is 17.1 Å². The van der Waals surface area contributed by atoms with Crippen LogP contribution >= 0.6 is 11.8 Å². The van der Waals surface area contributed by atoms with Crippen LogP contribution in [0.3, 0.4) is 0 Å². The van der Waals surface area contributed by atoms with Crippen molar-refractivity contribution in [2.45, 2.75) is 73.0 Å². The Morgan fingerprint density at radius 3 is 1.53 bits per heavy atom. The lowest BCUT2D eigenvalue weighted by Gasteiger charge is -2.51. The summed E-state index contributed by atoms with van der Waals surface area (Å²) in [6.45, 7) is 14.5. The summed E-state index contributed by atoms with van der Waals surface area (Å²) in [7, 11) is 0. The van der Waals surface area contributed by atoms with Crippen LogP contribution in [0, 0.1) is 0 Å². The molecule has 9 aromatic carbocycles. The van der Waals surface area contributed by atoms with Crippen molar-refractivity contribution in [3.05, 3.63) is 244 Å². The number of rotatable bonds is 3. The minimum Gasteiger partial charge on any atom is -0.310 e. The van der Waals surface area contributed by atoms with Crippen LogP contribution < -0.4 is 4.90 Å². The van der Waals surface area contributed by atoms with Gasteiger partial charge in [0.05, 0.1) is 11.1 Å². The summed E-state index contributed by atoms with van der Waals surface area (Å²) in [6.07, 6.45) is 0. The molecule has 0 fully saturated rings. The first-order valence-electron chi connectivity index (χ1n) is 22.8. The van der Waals surface area contributed by atoms with Gasteiger partial charge in [0.15, 0.2) is 0 Å². The molecule has 9 aromatic rings. The molecule has 1 nitrogen and oxygen atoms in total. The Labute approximate surface area is 381 Å². The molecule has 0 bridgehead atoms. The number of benzene rings is 9. The first-order valence-corrected chi connectivity index (χ1v) is 23.7. The van der Waals surface area contributed by atoms with Gasteiger partial charge in [-0.05, 0) is 125 Å². The number of nitrogens with zero attached hydrogens (tertiary/aromatic N) is 1. The van der Waals surface area contributed by atoms with Crippen LogP contribution in [0.1, 0.15) is 97.2 Å². The molecule has 0 radical (unpaired) electrons. The van der Waals surface area contributed by atoms with Gasteiger partial charge >= 0.3 is 0 Å². The van der Waals surface area contributed by atoms with Crippen LogP contribution in [0.2, 0.25) is 0 Å². The minimum atomic E-state index is -0.562. The van der Waals surface area contributed by atoms with Crippen LogP contribution in [0.25, 0.3) is 33.0 Å². The second-order valence-electron chi connectivity index (χ2n) is 20.0. The maximum absolute atomic E-state index is 2.62. The van der Waals surface area contributed by atoms with Crippen molar-refractivity contribution in [2.75, 3.05) is 4.90 Å². The second-order valence-corrected chi connectivity index (χ2v) is 21.1. The second kappa shape index (κ2) is 13.0. The van der Waals surface area contributed by atoms with E-state index < -0.39 is 5.41 Å². The Bertz CT molecular complexity index is 3370. The van der Waals surface area contributed by atoms with E-state index in [2.05, 4.69) is 234 Å². The highest BCUT2D eigenvalue weighted by atomic mass is 32.2. The molecule has 3 aliphatic carbocycles. The molecular formula is C62H49NS. The highest BCUT2D eigenvalue weighted by molar-refractivity contribution is 7.99. The molecule has 0 saturated carbocycles. The Balaban J connectivity index is 1.14. The lowest BCUT2D eigenvalue weighted by atomic mass is 9.53. The van der Waals surface area contributed by atoms with Gasteiger partial charge in [0.1, 0.15) is 0 Å². The van der Waals surface area contributed by atoms with Crippen LogP contribution in [0.15, 0.2) is 198 Å². The van der Waals surface area contributed by atoms with Gasteiger partial charge in [0.25, 0.3) is 0 Å². The monoisotopic (exact) mass is 839 g/mol. The van der Waals surface area contributed by atoms with Gasteiger partial charge in [0, 0.05) is 37.4 Å². The number of hydrogen-bond acceptors (Lipinski definition) is 2. The van der Waals surface area contributed by atoms with E-state index >= 15 is 0 Å². The molecule has 308 valence electrons. The molecule has 0 saturated heterocycles. The van der Waals surface area contributed by atoms with Crippen molar-refractivity contribution in [1.29, 1.82) is 0 Å². The van der Waals surface area contributed by atoms with E-state index in [-0.39, 0.29) is 16.2 Å². The fraction of sp³-hybridized carbons (Fsp3) is 0.161. The fourth-order valence-corrected chi connectivity index (χ4v) is 14.1. The fourth-order valence-electron chi connectivity index (χ4n) is 12.8. The number of fused-ring (bicyclic) bond motifs is 16. The standard InChI is InChI=1S/C62H49NS/c1-59(2)46-22-11-9-20-42(46)44-33-31-39(36-53(44)59)63(40-32-34-45-43-21-10-12-23-47(43)60(3,4)54(45)37-40)55-28-17-27-51-57(55)61(5,6)48-24-13-14-25-49(48)62(51)50-26-15-16-29-56(50)64-58-41-19-8-7-18-38(41)30-35-52(58)62/h7-37H,1-6H3. The van der Waals surface area contributed by atoms with Gasteiger partial charge in [0.2, 0.25) is 0 Å². The maximum atomic E-state index is 2.62. The molecule has 0 N–H and O–H groups in total. The van der Waals surface area contributed by atoms with Crippen molar-refractivity contribution in [3.63, 3.8) is 0 Å². The smallest absolute Gasteiger partial charge is 0.0730 e. The van der Waals surface area contributed by atoms with E-state index in [0.717, 1.165) is 0 Å². The summed E-state index contributed by atoms with van der Waals surface area (Å²) in [5.74, 6) is 0. The first kappa shape index (κ1) is 37.9. The molecule has 2 heteroatoms. The summed E-state index contributed by atoms with van der Waals surface area (Å²) in [5.41, 5.74) is 21.4. The highest BCUT2D eigenvalue weighted by Gasteiger charge is 2.53. The van der Waals surface area contributed by atoms with Gasteiger partial charge in [-0.2, -0.15) is 0 Å². The molecule has 1 heterocycles. The van der Waals surface area contributed by atoms with Crippen molar-refractivity contribution in [3.8, 4) is 22.3 Å². The molecule has 13 rings (SSSR count). The van der Waals surface area contributed by atoms with Gasteiger partial charge in [-0.15, -0.1) is 0 Å². The summed E-state index contributed by atoms with van der Waals surface area (Å²) in [5, 5.41) is 2.58. The Hall–Kier alpha value is -6.61. The largest absolute Gasteiger partial charge is 0.310 e. The third-order valence-corrected chi connectivity index (χ3v) is 17.0. The average molecular weight is 840 g/mol. The van der Waals surface area contributed by atoms with Crippen molar-refractivity contribution in [1.82, 2.24) is 0 Å². The van der Waals surface area contributed by atoms with E-state index in [0.29, 0.717) is 0 Å². The molecule has 1 atom stereocenters. The van der Waals surface area contributed by atoms with Crippen molar-refractivity contribution >= 4 is 39.6 Å². The van der Waals surface area contributed by atoms with Gasteiger partial charge in [-0.1, -0.05) is 205 Å². The van der Waals surface area contributed by atoms with E-state index in [1.165, 1.54) is 116 Å². The van der Waals surface area contributed by atoms with E-state index in [9.17, 15) is 0 Å². The molecule has 1 aliphatic heterocycles. The summed E-state index contributed by atoms with van der Waals surface area (Å²) >= 11 is 1.93. The zero-order valence-corrected chi connectivity index (χ0v) is 38.1. The van der Waals surface area contributed by atoms with Crippen LogP contribution in [-0.2, 0) is 21.7 Å². The molecular weight excluding hydrogens is 791 g/mol. The molecule has 4 aliphatic rings. The number of hydrogen-bond donors (Lipinski definition) is 0. The number of anilines is 3. The summed E-state index contributed by atoms with van der Waals surface area (Å²) in [4.78, 5) is 5.28. The molecule has 1 spiro atoms. The van der Waals surface area contributed by atoms with E-state index in [4.69, 9.17) is 0 Å². The lowest BCUT2D eigenvalue weighted by Crippen LogP contribution is -2.44. The van der Waals surface area contributed by atoms with Gasteiger partial charge < -0.3 is 4.90 Å². The lowest BCUT2D eigenvalue weighted by molar-refractivity contribution is 0.550. The van der Waals surface area contributed by atoms with Gasteiger partial charge in [-0.3, -0.25) is 0 Å². The SMILES string of the molecule is CC1(C)c2ccccc2-c2ccc(N(c3ccc4c(c3)C(C)(C)c3ccccc3-4)c3cccc4c3C(C)(C)c3ccccc3C43c4ccccc4Sc4c3ccc3ccccc43)cc21. The minimum absolute atomic E-state index is 0.149.